The molecule has 0 aliphatic rings. The highest BCUT2D eigenvalue weighted by atomic mass is 32.2. The summed E-state index contributed by atoms with van der Waals surface area (Å²) in [4.78, 5) is 16.9. The summed E-state index contributed by atoms with van der Waals surface area (Å²) in [5, 5.41) is 4.86. The summed E-state index contributed by atoms with van der Waals surface area (Å²) >= 11 is 3.18. The van der Waals surface area contributed by atoms with Crippen LogP contribution in [0.25, 0.3) is 0 Å². The van der Waals surface area contributed by atoms with E-state index in [0.29, 0.717) is 0 Å². The van der Waals surface area contributed by atoms with E-state index in [4.69, 9.17) is 9.47 Å². The molecule has 3 rings (SSSR count). The number of nitrogens with zero attached hydrogens (tertiary/aromatic N) is 1. The third-order valence-electron chi connectivity index (χ3n) is 4.29. The zero-order valence-electron chi connectivity index (χ0n) is 16.7. The lowest BCUT2D eigenvalue weighted by Gasteiger charge is -2.07. The van der Waals surface area contributed by atoms with Gasteiger partial charge in [-0.2, -0.15) is 0 Å². The summed E-state index contributed by atoms with van der Waals surface area (Å²) in [5.41, 5.74) is 3.93. The third-order valence-corrected chi connectivity index (χ3v) is 6.43. The lowest BCUT2D eigenvalue weighted by Crippen LogP contribution is -2.14. The number of aromatic nitrogens is 1. The van der Waals surface area contributed by atoms with Crippen LogP contribution < -0.4 is 14.8 Å². The number of benzene rings is 2. The number of ether oxygens (including phenoxy) is 2. The Bertz CT molecular complexity index is 933. The molecule has 1 aromatic heterocycles. The summed E-state index contributed by atoms with van der Waals surface area (Å²) in [7, 11) is 3.28. The molecule has 0 saturated carbocycles. The maximum absolute atomic E-state index is 12.3. The summed E-state index contributed by atoms with van der Waals surface area (Å²) in [5.74, 6) is 2.22. The van der Waals surface area contributed by atoms with Crippen molar-refractivity contribution in [2.45, 2.75) is 29.9 Å². The van der Waals surface area contributed by atoms with E-state index in [9.17, 15) is 4.79 Å². The van der Waals surface area contributed by atoms with E-state index in [1.807, 2.05) is 47.8 Å². The van der Waals surface area contributed by atoms with Gasteiger partial charge in [0.25, 0.3) is 0 Å². The van der Waals surface area contributed by atoms with Crippen molar-refractivity contribution in [1.82, 2.24) is 4.98 Å². The second-order valence-electron chi connectivity index (χ2n) is 6.39. The van der Waals surface area contributed by atoms with Crippen LogP contribution in [0.4, 0.5) is 5.69 Å². The minimum Gasteiger partial charge on any atom is -0.497 e. The standard InChI is InChI=1S/C22H24N2O3S2/c1-4-15-5-7-17(8-6-15)23-21(25)11-18-14-29-22(24-18)28-13-16-9-19(26-2)12-20(10-16)27-3/h5-10,12,14H,4,11,13H2,1-3H3,(H,23,25). The number of amides is 1. The number of hydrogen-bond donors (Lipinski definition) is 1. The zero-order chi connectivity index (χ0) is 20.6. The van der Waals surface area contributed by atoms with Crippen LogP contribution in [0.1, 0.15) is 23.7 Å². The number of methoxy groups -OCH3 is 2. The number of anilines is 1. The van der Waals surface area contributed by atoms with Gasteiger partial charge < -0.3 is 14.8 Å². The van der Waals surface area contributed by atoms with Crippen LogP contribution in [0.2, 0.25) is 0 Å². The van der Waals surface area contributed by atoms with Crippen LogP contribution >= 0.6 is 23.1 Å². The van der Waals surface area contributed by atoms with Crippen LogP contribution in [0.5, 0.6) is 11.5 Å². The molecule has 0 aliphatic carbocycles. The van der Waals surface area contributed by atoms with Crippen molar-refractivity contribution in [1.29, 1.82) is 0 Å². The van der Waals surface area contributed by atoms with Crippen LogP contribution in [0.3, 0.4) is 0 Å². The molecular formula is C22H24N2O3S2. The van der Waals surface area contributed by atoms with Gasteiger partial charge in [-0.3, -0.25) is 4.79 Å². The molecule has 0 fully saturated rings. The summed E-state index contributed by atoms with van der Waals surface area (Å²) in [6.45, 7) is 2.11. The highest BCUT2D eigenvalue weighted by Gasteiger charge is 2.10. The van der Waals surface area contributed by atoms with E-state index in [-0.39, 0.29) is 12.3 Å². The Hall–Kier alpha value is -2.51. The fraction of sp³-hybridized carbons (Fsp3) is 0.273. The molecule has 1 N–H and O–H groups in total. The van der Waals surface area contributed by atoms with Crippen LogP contribution in [0, 0.1) is 0 Å². The first kappa shape index (κ1) is 21.2. The van der Waals surface area contributed by atoms with Crippen molar-refractivity contribution in [2.24, 2.45) is 0 Å². The molecule has 152 valence electrons. The quantitative estimate of drug-likeness (QED) is 0.475. The average Bonchev–Trinajstić information content (AvgIpc) is 3.19. The molecule has 0 aliphatic heterocycles. The topological polar surface area (TPSA) is 60.5 Å². The molecule has 3 aromatic rings. The fourth-order valence-corrected chi connectivity index (χ4v) is 4.50. The van der Waals surface area contributed by atoms with Crippen molar-refractivity contribution >= 4 is 34.7 Å². The summed E-state index contributed by atoms with van der Waals surface area (Å²) in [6.07, 6.45) is 1.25. The second-order valence-corrected chi connectivity index (χ2v) is 8.47. The third kappa shape index (κ3) is 6.24. The van der Waals surface area contributed by atoms with Crippen LogP contribution in [0.15, 0.2) is 52.2 Å². The van der Waals surface area contributed by atoms with Gasteiger partial charge in [-0.05, 0) is 41.8 Å². The first-order chi connectivity index (χ1) is 14.1. The fourth-order valence-electron chi connectivity index (χ4n) is 2.72. The molecule has 5 nitrogen and oxygen atoms in total. The number of thiazole rings is 1. The number of hydrogen-bond acceptors (Lipinski definition) is 6. The number of rotatable bonds is 9. The van der Waals surface area contributed by atoms with Gasteiger partial charge in [0.05, 0.1) is 26.3 Å². The van der Waals surface area contributed by atoms with Crippen LogP contribution in [-0.4, -0.2) is 25.1 Å². The normalized spacial score (nSPS) is 10.6. The minimum atomic E-state index is -0.0615. The van der Waals surface area contributed by atoms with Gasteiger partial charge in [0.1, 0.15) is 15.8 Å². The number of aryl methyl sites for hydroxylation is 1. The number of thioether (sulfide) groups is 1. The maximum Gasteiger partial charge on any atom is 0.230 e. The van der Waals surface area contributed by atoms with Crippen molar-refractivity contribution in [2.75, 3.05) is 19.5 Å². The predicted molar refractivity (Wildman–Crippen MR) is 119 cm³/mol. The van der Waals surface area contributed by atoms with E-state index >= 15 is 0 Å². The van der Waals surface area contributed by atoms with Crippen molar-refractivity contribution < 1.29 is 14.3 Å². The van der Waals surface area contributed by atoms with Gasteiger partial charge in [-0.15, -0.1) is 11.3 Å². The molecule has 0 bridgehead atoms. The Balaban J connectivity index is 1.54. The summed E-state index contributed by atoms with van der Waals surface area (Å²) in [6, 6.07) is 13.7. The Morgan fingerprint density at radius 2 is 1.76 bits per heavy atom. The van der Waals surface area contributed by atoms with E-state index in [2.05, 4.69) is 17.2 Å². The molecule has 7 heteroatoms. The predicted octanol–water partition coefficient (Wildman–Crippen LogP) is 5.20. The molecule has 0 unspecified atom stereocenters. The zero-order valence-corrected chi connectivity index (χ0v) is 18.4. The first-order valence-electron chi connectivity index (χ1n) is 9.27. The van der Waals surface area contributed by atoms with E-state index in [0.717, 1.165) is 45.0 Å². The highest BCUT2D eigenvalue weighted by Crippen LogP contribution is 2.30. The molecule has 0 atom stereocenters. The number of nitrogens with one attached hydrogen (secondary N) is 1. The minimum absolute atomic E-state index is 0.0615. The van der Waals surface area contributed by atoms with Gasteiger partial charge in [0, 0.05) is 22.9 Å². The number of carbonyl (C=O) groups is 1. The molecule has 2 aromatic carbocycles. The van der Waals surface area contributed by atoms with Crippen LogP contribution in [-0.2, 0) is 23.4 Å². The average molecular weight is 429 g/mol. The van der Waals surface area contributed by atoms with Crippen molar-refractivity contribution in [3.05, 3.63) is 64.7 Å². The van der Waals surface area contributed by atoms with Crippen molar-refractivity contribution in [3.8, 4) is 11.5 Å². The Morgan fingerprint density at radius 1 is 1.07 bits per heavy atom. The molecule has 0 spiro atoms. The monoisotopic (exact) mass is 428 g/mol. The van der Waals surface area contributed by atoms with E-state index in [1.54, 1.807) is 37.3 Å². The SMILES string of the molecule is CCc1ccc(NC(=O)Cc2csc(SCc3cc(OC)cc(OC)c3)n2)cc1. The van der Waals surface area contributed by atoms with Gasteiger partial charge in [0.15, 0.2) is 0 Å². The molecule has 0 radical (unpaired) electrons. The highest BCUT2D eigenvalue weighted by molar-refractivity contribution is 8.00. The maximum atomic E-state index is 12.3. The molecule has 1 heterocycles. The van der Waals surface area contributed by atoms with Gasteiger partial charge in [-0.25, -0.2) is 4.98 Å². The lowest BCUT2D eigenvalue weighted by atomic mass is 10.1. The summed E-state index contributed by atoms with van der Waals surface area (Å²) < 4.78 is 11.6. The molecular weight excluding hydrogens is 404 g/mol. The van der Waals surface area contributed by atoms with Gasteiger partial charge in [0.2, 0.25) is 5.91 Å². The van der Waals surface area contributed by atoms with Gasteiger partial charge >= 0.3 is 0 Å². The van der Waals surface area contributed by atoms with Gasteiger partial charge in [-0.1, -0.05) is 30.8 Å². The lowest BCUT2D eigenvalue weighted by molar-refractivity contribution is -0.115. The molecule has 29 heavy (non-hydrogen) atoms. The number of carbonyl (C=O) groups excluding carboxylic acids is 1. The Morgan fingerprint density at radius 3 is 2.38 bits per heavy atom. The van der Waals surface area contributed by atoms with Crippen molar-refractivity contribution in [3.63, 3.8) is 0 Å². The smallest absolute Gasteiger partial charge is 0.230 e. The first-order valence-corrected chi connectivity index (χ1v) is 11.1. The van der Waals surface area contributed by atoms with E-state index < -0.39 is 0 Å². The largest absolute Gasteiger partial charge is 0.497 e. The molecule has 1 amide bonds. The van der Waals surface area contributed by atoms with E-state index in [1.165, 1.54) is 5.56 Å². The Labute approximate surface area is 179 Å². The Kier molecular flexibility index (Phi) is 7.55. The molecule has 0 saturated heterocycles. The second kappa shape index (κ2) is 10.3.